The molecule has 1 N–H and O–H groups in total. The number of aryl methyl sites for hydroxylation is 1. The molecule has 1 atom stereocenters. The molecule has 31 heavy (non-hydrogen) atoms. The zero-order chi connectivity index (χ0) is 21.2. The third-order valence-corrected chi connectivity index (χ3v) is 6.22. The summed E-state index contributed by atoms with van der Waals surface area (Å²) in [5.74, 6) is 0.689. The molecule has 3 aromatic rings. The molecule has 3 heterocycles. The highest BCUT2D eigenvalue weighted by Gasteiger charge is 2.24. The number of pyridine rings is 1. The molecule has 2 aliphatic rings. The minimum Gasteiger partial charge on any atom is -0.351 e. The molecule has 2 aliphatic carbocycles. The molecule has 0 aromatic carbocycles. The Morgan fingerprint density at radius 2 is 2.10 bits per heavy atom. The van der Waals surface area contributed by atoms with Crippen LogP contribution in [0, 0.1) is 0 Å². The zero-order valence-corrected chi connectivity index (χ0v) is 17.8. The molecule has 1 fully saturated rings. The number of allylic oxidation sites excluding steroid dienone is 1. The van der Waals surface area contributed by atoms with Crippen LogP contribution >= 0.6 is 0 Å². The Morgan fingerprint density at radius 3 is 2.94 bits per heavy atom. The van der Waals surface area contributed by atoms with Crippen molar-refractivity contribution in [3.05, 3.63) is 59.7 Å². The average molecular weight is 422 g/mol. The summed E-state index contributed by atoms with van der Waals surface area (Å²) in [5.41, 5.74) is 5.64. The fraction of sp³-hybridized carbons (Fsp3) is 0.458. The van der Waals surface area contributed by atoms with Crippen molar-refractivity contribution in [2.45, 2.75) is 70.4 Å². The van der Waals surface area contributed by atoms with Crippen LogP contribution in [0.5, 0.6) is 0 Å². The van der Waals surface area contributed by atoms with Crippen LogP contribution in [0.15, 0.2) is 42.9 Å². The lowest BCUT2D eigenvalue weighted by Gasteiger charge is -2.29. The predicted octanol–water partition coefficient (Wildman–Crippen LogP) is 4.95. The number of hydrogen-bond donors (Lipinski definition) is 1. The number of fused-ring (bicyclic) bond motifs is 2. The number of nitrogens with one attached hydrogen (secondary N) is 1. The summed E-state index contributed by atoms with van der Waals surface area (Å²) >= 11 is 0. The van der Waals surface area contributed by atoms with Gasteiger partial charge < -0.3 is 10.1 Å². The van der Waals surface area contributed by atoms with Crippen LogP contribution in [0.1, 0.15) is 62.3 Å². The van der Waals surface area contributed by atoms with Crippen LogP contribution in [0.4, 0.5) is 10.3 Å². The van der Waals surface area contributed by atoms with E-state index in [0.717, 1.165) is 61.7 Å². The second kappa shape index (κ2) is 8.75. The van der Waals surface area contributed by atoms with Gasteiger partial charge in [0.15, 0.2) is 6.36 Å². The zero-order valence-electron chi connectivity index (χ0n) is 17.8. The molecule has 0 saturated heterocycles. The maximum Gasteiger partial charge on any atom is 0.223 e. The normalized spacial score (nSPS) is 22.5. The smallest absolute Gasteiger partial charge is 0.223 e. The molecular weight excluding hydrogens is 393 g/mol. The number of aromatic nitrogens is 4. The molecule has 0 spiro atoms. The van der Waals surface area contributed by atoms with Crippen molar-refractivity contribution in [3.63, 3.8) is 0 Å². The molecule has 5 rings (SSSR count). The lowest BCUT2D eigenvalue weighted by molar-refractivity contribution is -0.0862. The van der Waals surface area contributed by atoms with Crippen molar-refractivity contribution < 1.29 is 9.13 Å². The van der Waals surface area contributed by atoms with E-state index < -0.39 is 6.36 Å². The van der Waals surface area contributed by atoms with Crippen LogP contribution in [0.25, 0.3) is 11.1 Å². The van der Waals surface area contributed by atoms with E-state index in [9.17, 15) is 4.39 Å². The van der Waals surface area contributed by atoms with E-state index in [1.807, 2.05) is 29.2 Å². The first-order valence-corrected chi connectivity index (χ1v) is 11.2. The molecule has 0 amide bonds. The highest BCUT2D eigenvalue weighted by Crippen LogP contribution is 2.31. The van der Waals surface area contributed by atoms with Crippen LogP contribution in [0.3, 0.4) is 0 Å². The fourth-order valence-corrected chi connectivity index (χ4v) is 4.68. The van der Waals surface area contributed by atoms with Crippen molar-refractivity contribution >= 4 is 17.0 Å². The first kappa shape index (κ1) is 20.1. The largest absolute Gasteiger partial charge is 0.351 e. The molecule has 7 heteroatoms. The van der Waals surface area contributed by atoms with Gasteiger partial charge >= 0.3 is 0 Å². The van der Waals surface area contributed by atoms with Gasteiger partial charge in [0.1, 0.15) is 0 Å². The monoisotopic (exact) mass is 421 g/mol. The predicted molar refractivity (Wildman–Crippen MR) is 119 cm³/mol. The number of ether oxygens (including phenoxy) is 1. The van der Waals surface area contributed by atoms with E-state index in [-0.39, 0.29) is 6.10 Å². The molecule has 0 aliphatic heterocycles. The van der Waals surface area contributed by atoms with E-state index in [2.05, 4.69) is 33.6 Å². The van der Waals surface area contributed by atoms with Crippen molar-refractivity contribution in [2.24, 2.45) is 0 Å². The minimum absolute atomic E-state index is 0.0202. The summed E-state index contributed by atoms with van der Waals surface area (Å²) in [4.78, 5) is 9.54. The van der Waals surface area contributed by atoms with Crippen molar-refractivity contribution in [2.75, 3.05) is 5.32 Å². The summed E-state index contributed by atoms with van der Waals surface area (Å²) in [5, 5.41) is 7.79. The summed E-state index contributed by atoms with van der Waals surface area (Å²) in [6.07, 6.45) is 13.5. The van der Waals surface area contributed by atoms with Gasteiger partial charge in [-0.1, -0.05) is 6.08 Å². The molecule has 0 radical (unpaired) electrons. The van der Waals surface area contributed by atoms with Gasteiger partial charge in [-0.3, -0.25) is 0 Å². The van der Waals surface area contributed by atoms with Gasteiger partial charge in [-0.15, -0.1) is 0 Å². The van der Waals surface area contributed by atoms with E-state index in [0.29, 0.717) is 12.0 Å². The lowest BCUT2D eigenvalue weighted by Crippen LogP contribution is -2.31. The summed E-state index contributed by atoms with van der Waals surface area (Å²) < 4.78 is 20.3. The van der Waals surface area contributed by atoms with E-state index in [4.69, 9.17) is 9.72 Å². The topological polar surface area (TPSA) is 64.3 Å². The highest BCUT2D eigenvalue weighted by molar-refractivity contribution is 5.82. The SMILES string of the molecule is CC(F)OC1CCC(Nc2ncc3c(n2)CCCC=C3c2ccn3nccc3c2)CC1. The van der Waals surface area contributed by atoms with Gasteiger partial charge in [-0.25, -0.2) is 18.9 Å². The summed E-state index contributed by atoms with van der Waals surface area (Å²) in [6.45, 7) is 1.45. The first-order chi connectivity index (χ1) is 15.2. The quantitative estimate of drug-likeness (QED) is 0.632. The standard InChI is InChI=1S/C24H28FN5O/c1-16(25)31-20-8-6-18(7-9-20)28-24-26-15-22-21(4-2-3-5-23(22)29-24)17-11-13-30-19(14-17)10-12-27-30/h4,10-16,18,20H,2-3,5-9H2,1H3,(H,26,28,29). The Kier molecular flexibility index (Phi) is 5.68. The minimum atomic E-state index is -1.20. The molecule has 162 valence electrons. The number of nitrogens with zero attached hydrogens (tertiary/aromatic N) is 4. The summed E-state index contributed by atoms with van der Waals surface area (Å²) in [6, 6.07) is 6.59. The second-order valence-corrected chi connectivity index (χ2v) is 8.48. The number of hydrogen-bond acceptors (Lipinski definition) is 5. The molecule has 6 nitrogen and oxygen atoms in total. The first-order valence-electron chi connectivity index (χ1n) is 11.2. The Bertz CT molecular complexity index is 1080. The van der Waals surface area contributed by atoms with E-state index in [1.165, 1.54) is 18.1 Å². The number of rotatable bonds is 5. The molecule has 0 bridgehead atoms. The van der Waals surface area contributed by atoms with Gasteiger partial charge in [-0.05, 0) is 81.2 Å². The Balaban J connectivity index is 1.33. The van der Waals surface area contributed by atoms with Crippen molar-refractivity contribution in [1.82, 2.24) is 19.6 Å². The Labute approximate surface area is 181 Å². The van der Waals surface area contributed by atoms with Gasteiger partial charge in [0.05, 0.1) is 17.3 Å². The third-order valence-electron chi connectivity index (χ3n) is 6.22. The van der Waals surface area contributed by atoms with Gasteiger partial charge in [-0.2, -0.15) is 5.10 Å². The Hall–Kier alpha value is -2.80. The number of alkyl halides is 1. The molecule has 3 aromatic heterocycles. The fourth-order valence-electron chi connectivity index (χ4n) is 4.68. The van der Waals surface area contributed by atoms with Gasteiger partial charge in [0.25, 0.3) is 0 Å². The molecule has 1 unspecified atom stereocenters. The molecular formula is C24H28FN5O. The maximum atomic E-state index is 13.1. The maximum absolute atomic E-state index is 13.1. The van der Waals surface area contributed by atoms with Crippen molar-refractivity contribution in [1.29, 1.82) is 0 Å². The van der Waals surface area contributed by atoms with Gasteiger partial charge in [0, 0.05) is 30.2 Å². The number of anilines is 1. The second-order valence-electron chi connectivity index (χ2n) is 8.48. The van der Waals surface area contributed by atoms with E-state index >= 15 is 0 Å². The summed E-state index contributed by atoms with van der Waals surface area (Å²) in [7, 11) is 0. The van der Waals surface area contributed by atoms with Crippen LogP contribution in [0.2, 0.25) is 0 Å². The number of halogens is 1. The third kappa shape index (κ3) is 4.46. The Morgan fingerprint density at radius 1 is 1.23 bits per heavy atom. The lowest BCUT2D eigenvalue weighted by atomic mass is 9.93. The van der Waals surface area contributed by atoms with Crippen LogP contribution in [-0.2, 0) is 11.2 Å². The average Bonchev–Trinajstić information content (AvgIpc) is 3.13. The highest BCUT2D eigenvalue weighted by atomic mass is 19.1. The van der Waals surface area contributed by atoms with E-state index in [1.54, 1.807) is 0 Å². The van der Waals surface area contributed by atoms with Crippen LogP contribution < -0.4 is 5.32 Å². The van der Waals surface area contributed by atoms with Gasteiger partial charge in [0.2, 0.25) is 5.95 Å². The molecule has 1 saturated carbocycles. The van der Waals surface area contributed by atoms with Crippen LogP contribution in [-0.4, -0.2) is 38.1 Å². The van der Waals surface area contributed by atoms with Crippen molar-refractivity contribution in [3.8, 4) is 0 Å².